The van der Waals surface area contributed by atoms with Crippen molar-refractivity contribution in [2.45, 2.75) is 26.5 Å². The van der Waals surface area contributed by atoms with Crippen molar-refractivity contribution in [1.82, 2.24) is 4.90 Å². The fraction of sp³-hybridized carbons (Fsp3) is 0.462. The standard InChI is InChI=1S/C13H18N2O2/c1-4-15(3)8-10-5-6-12-11(7-10)14-13(16)9(2)17-12/h5-7,9H,4,8H2,1-3H3,(H,14,16). The number of hydrogen-bond acceptors (Lipinski definition) is 3. The molecule has 1 N–H and O–H groups in total. The van der Waals surface area contributed by atoms with Gasteiger partial charge in [0.2, 0.25) is 0 Å². The number of nitrogens with one attached hydrogen (secondary N) is 1. The second-order valence-corrected chi connectivity index (χ2v) is 4.41. The van der Waals surface area contributed by atoms with E-state index in [1.807, 2.05) is 18.2 Å². The summed E-state index contributed by atoms with van der Waals surface area (Å²) in [6, 6.07) is 5.94. The van der Waals surface area contributed by atoms with Crippen molar-refractivity contribution in [1.29, 1.82) is 0 Å². The topological polar surface area (TPSA) is 41.6 Å². The Morgan fingerprint density at radius 1 is 1.47 bits per heavy atom. The molecular weight excluding hydrogens is 216 g/mol. The zero-order valence-corrected chi connectivity index (χ0v) is 10.5. The Morgan fingerprint density at radius 3 is 2.94 bits per heavy atom. The number of fused-ring (bicyclic) bond motifs is 1. The Bertz CT molecular complexity index is 431. The van der Waals surface area contributed by atoms with E-state index in [0.29, 0.717) is 0 Å². The van der Waals surface area contributed by atoms with Gasteiger partial charge in [-0.15, -0.1) is 0 Å². The highest BCUT2D eigenvalue weighted by Crippen LogP contribution is 2.30. The molecule has 0 fully saturated rings. The molecular formula is C13H18N2O2. The van der Waals surface area contributed by atoms with Crippen molar-refractivity contribution in [3.8, 4) is 5.75 Å². The lowest BCUT2D eigenvalue weighted by molar-refractivity contribution is -0.122. The van der Waals surface area contributed by atoms with Gasteiger partial charge in [0, 0.05) is 6.54 Å². The van der Waals surface area contributed by atoms with Crippen LogP contribution in [0.1, 0.15) is 19.4 Å². The lowest BCUT2D eigenvalue weighted by Gasteiger charge is -2.24. The first kappa shape index (κ1) is 11.9. The van der Waals surface area contributed by atoms with E-state index in [-0.39, 0.29) is 5.91 Å². The van der Waals surface area contributed by atoms with Crippen LogP contribution in [-0.2, 0) is 11.3 Å². The van der Waals surface area contributed by atoms with Gasteiger partial charge in [-0.2, -0.15) is 0 Å². The summed E-state index contributed by atoms with van der Waals surface area (Å²) in [5.41, 5.74) is 1.95. The lowest BCUT2D eigenvalue weighted by Crippen LogP contribution is -2.34. The van der Waals surface area contributed by atoms with Crippen LogP contribution in [0.2, 0.25) is 0 Å². The van der Waals surface area contributed by atoms with Gasteiger partial charge in [-0.3, -0.25) is 4.79 Å². The molecule has 1 aliphatic rings. The predicted octanol–water partition coefficient (Wildman–Crippen LogP) is 1.86. The summed E-state index contributed by atoms with van der Waals surface area (Å²) < 4.78 is 5.50. The Labute approximate surface area is 102 Å². The van der Waals surface area contributed by atoms with Gasteiger partial charge in [-0.1, -0.05) is 13.0 Å². The van der Waals surface area contributed by atoms with Gasteiger partial charge in [-0.25, -0.2) is 0 Å². The SMILES string of the molecule is CCN(C)Cc1ccc2c(c1)NC(=O)C(C)O2. The van der Waals surface area contributed by atoms with E-state index in [9.17, 15) is 4.79 Å². The molecule has 1 heterocycles. The molecule has 0 spiro atoms. The highest BCUT2D eigenvalue weighted by atomic mass is 16.5. The summed E-state index contributed by atoms with van der Waals surface area (Å²) in [5, 5.41) is 2.86. The molecule has 0 bridgehead atoms. The Hall–Kier alpha value is -1.55. The summed E-state index contributed by atoms with van der Waals surface area (Å²) in [4.78, 5) is 13.7. The second kappa shape index (κ2) is 4.75. The molecule has 17 heavy (non-hydrogen) atoms. The van der Waals surface area contributed by atoms with E-state index < -0.39 is 6.10 Å². The van der Waals surface area contributed by atoms with Crippen molar-refractivity contribution < 1.29 is 9.53 Å². The van der Waals surface area contributed by atoms with Crippen molar-refractivity contribution in [2.75, 3.05) is 18.9 Å². The van der Waals surface area contributed by atoms with Crippen molar-refractivity contribution in [3.05, 3.63) is 23.8 Å². The number of carbonyl (C=O) groups is 1. The van der Waals surface area contributed by atoms with Crippen LogP contribution in [0.15, 0.2) is 18.2 Å². The Morgan fingerprint density at radius 2 is 2.24 bits per heavy atom. The van der Waals surface area contributed by atoms with E-state index in [1.165, 1.54) is 5.56 Å². The number of anilines is 1. The first-order valence-electron chi connectivity index (χ1n) is 5.89. The van der Waals surface area contributed by atoms with Crippen LogP contribution in [0.25, 0.3) is 0 Å². The molecule has 1 aromatic rings. The minimum Gasteiger partial charge on any atom is -0.479 e. The molecule has 1 unspecified atom stereocenters. The van der Waals surface area contributed by atoms with Gasteiger partial charge >= 0.3 is 0 Å². The molecule has 92 valence electrons. The van der Waals surface area contributed by atoms with E-state index in [2.05, 4.69) is 24.2 Å². The van der Waals surface area contributed by atoms with Crippen LogP contribution in [-0.4, -0.2) is 30.5 Å². The average molecular weight is 234 g/mol. The quantitative estimate of drug-likeness (QED) is 0.868. The van der Waals surface area contributed by atoms with E-state index >= 15 is 0 Å². The van der Waals surface area contributed by atoms with Crippen molar-refractivity contribution >= 4 is 11.6 Å². The first-order chi connectivity index (χ1) is 8.10. The lowest BCUT2D eigenvalue weighted by atomic mass is 10.1. The van der Waals surface area contributed by atoms with E-state index in [0.717, 1.165) is 24.5 Å². The highest BCUT2D eigenvalue weighted by molar-refractivity contribution is 5.97. The molecule has 0 radical (unpaired) electrons. The van der Waals surface area contributed by atoms with Crippen LogP contribution < -0.4 is 10.1 Å². The third-order valence-electron chi connectivity index (χ3n) is 2.97. The fourth-order valence-corrected chi connectivity index (χ4v) is 1.78. The van der Waals surface area contributed by atoms with E-state index in [1.54, 1.807) is 6.92 Å². The summed E-state index contributed by atoms with van der Waals surface area (Å²) >= 11 is 0. The highest BCUT2D eigenvalue weighted by Gasteiger charge is 2.23. The normalized spacial score (nSPS) is 18.6. The average Bonchev–Trinajstić information content (AvgIpc) is 2.31. The van der Waals surface area contributed by atoms with Crippen LogP contribution in [0.4, 0.5) is 5.69 Å². The molecule has 2 rings (SSSR count). The third-order valence-corrected chi connectivity index (χ3v) is 2.97. The Balaban J connectivity index is 2.19. The summed E-state index contributed by atoms with van der Waals surface area (Å²) in [6.45, 7) is 5.73. The third kappa shape index (κ3) is 2.58. The van der Waals surface area contributed by atoms with Gasteiger partial charge in [0.05, 0.1) is 5.69 Å². The van der Waals surface area contributed by atoms with Crippen LogP contribution in [0.5, 0.6) is 5.75 Å². The second-order valence-electron chi connectivity index (χ2n) is 4.41. The van der Waals surface area contributed by atoms with Gasteiger partial charge in [0.25, 0.3) is 5.91 Å². The van der Waals surface area contributed by atoms with Gasteiger partial charge in [0.1, 0.15) is 5.75 Å². The first-order valence-corrected chi connectivity index (χ1v) is 5.89. The molecule has 4 nitrogen and oxygen atoms in total. The number of hydrogen-bond donors (Lipinski definition) is 1. The predicted molar refractivity (Wildman–Crippen MR) is 67.2 cm³/mol. The molecule has 1 atom stereocenters. The number of amides is 1. The smallest absolute Gasteiger partial charge is 0.265 e. The maximum atomic E-state index is 11.5. The Kier molecular flexibility index (Phi) is 3.33. The van der Waals surface area contributed by atoms with Gasteiger partial charge < -0.3 is 15.0 Å². The number of ether oxygens (including phenoxy) is 1. The monoisotopic (exact) mass is 234 g/mol. The molecule has 1 aromatic carbocycles. The molecule has 0 saturated carbocycles. The maximum Gasteiger partial charge on any atom is 0.265 e. The molecule has 0 aromatic heterocycles. The summed E-state index contributed by atoms with van der Waals surface area (Å²) in [6.07, 6.45) is -0.410. The number of rotatable bonds is 3. The largest absolute Gasteiger partial charge is 0.479 e. The molecule has 1 aliphatic heterocycles. The van der Waals surface area contributed by atoms with Crippen LogP contribution in [0.3, 0.4) is 0 Å². The minimum atomic E-state index is -0.410. The molecule has 4 heteroatoms. The van der Waals surface area contributed by atoms with Gasteiger partial charge in [0.15, 0.2) is 6.10 Å². The summed E-state index contributed by atoms with van der Waals surface area (Å²) in [7, 11) is 2.07. The molecule has 0 saturated heterocycles. The number of benzene rings is 1. The minimum absolute atomic E-state index is 0.0847. The van der Waals surface area contributed by atoms with E-state index in [4.69, 9.17) is 4.74 Å². The zero-order chi connectivity index (χ0) is 12.4. The van der Waals surface area contributed by atoms with Crippen LogP contribution in [0, 0.1) is 0 Å². The van der Waals surface area contributed by atoms with Crippen molar-refractivity contribution in [3.63, 3.8) is 0 Å². The fourth-order valence-electron chi connectivity index (χ4n) is 1.78. The zero-order valence-electron chi connectivity index (χ0n) is 10.5. The molecule has 0 aliphatic carbocycles. The van der Waals surface area contributed by atoms with Gasteiger partial charge in [-0.05, 0) is 38.2 Å². The number of carbonyl (C=O) groups excluding carboxylic acids is 1. The van der Waals surface area contributed by atoms with Crippen LogP contribution >= 0.6 is 0 Å². The maximum absolute atomic E-state index is 11.5. The molecule has 1 amide bonds. The summed E-state index contributed by atoms with van der Waals surface area (Å²) in [5.74, 6) is 0.665. The van der Waals surface area contributed by atoms with Crippen molar-refractivity contribution in [2.24, 2.45) is 0 Å². The number of nitrogens with zero attached hydrogens (tertiary/aromatic N) is 1.